The highest BCUT2D eigenvalue weighted by Gasteiger charge is 2.29. The zero-order chi connectivity index (χ0) is 21.9. The van der Waals surface area contributed by atoms with E-state index in [9.17, 15) is 9.18 Å². The number of rotatable bonds is 4. The first-order chi connectivity index (χ1) is 15.7. The Labute approximate surface area is 188 Å². The second-order valence-corrected chi connectivity index (χ2v) is 8.75. The van der Waals surface area contributed by atoms with Gasteiger partial charge in [-0.25, -0.2) is 9.37 Å². The van der Waals surface area contributed by atoms with E-state index in [1.165, 1.54) is 17.7 Å². The van der Waals surface area contributed by atoms with Crippen LogP contribution in [0.1, 0.15) is 41.0 Å². The van der Waals surface area contributed by atoms with Crippen molar-refractivity contribution in [2.75, 3.05) is 26.2 Å². The van der Waals surface area contributed by atoms with Gasteiger partial charge in [-0.05, 0) is 49.1 Å². The molecule has 1 saturated heterocycles. The van der Waals surface area contributed by atoms with Gasteiger partial charge in [0.05, 0.1) is 5.69 Å². The summed E-state index contributed by atoms with van der Waals surface area (Å²) in [7, 11) is 0. The summed E-state index contributed by atoms with van der Waals surface area (Å²) >= 11 is 0. The third-order valence-electron chi connectivity index (χ3n) is 6.58. The number of nitrogens with zero attached hydrogens (tertiary/aromatic N) is 4. The molecule has 3 aromatic rings. The van der Waals surface area contributed by atoms with Crippen molar-refractivity contribution in [1.82, 2.24) is 19.4 Å². The average molecular weight is 433 g/mol. The van der Waals surface area contributed by atoms with Crippen LogP contribution in [0.4, 0.5) is 4.39 Å². The van der Waals surface area contributed by atoms with Crippen LogP contribution in [-0.2, 0) is 19.5 Å². The molecular formula is C26H29FN4O. The van der Waals surface area contributed by atoms with Crippen LogP contribution in [0, 0.1) is 5.82 Å². The predicted molar refractivity (Wildman–Crippen MR) is 123 cm³/mol. The van der Waals surface area contributed by atoms with Gasteiger partial charge >= 0.3 is 0 Å². The number of amides is 1. The number of halogens is 1. The van der Waals surface area contributed by atoms with Crippen molar-refractivity contribution in [3.63, 3.8) is 0 Å². The SMILES string of the molecule is O=C(c1nc(-c2ccc(F)cc2)n2c1CCCCC2)N1CCN(Cc2ccccc2)CC1. The summed E-state index contributed by atoms with van der Waals surface area (Å²) < 4.78 is 15.7. The van der Waals surface area contributed by atoms with Crippen molar-refractivity contribution in [2.24, 2.45) is 0 Å². The third kappa shape index (κ3) is 4.32. The van der Waals surface area contributed by atoms with E-state index in [-0.39, 0.29) is 11.7 Å². The second-order valence-electron chi connectivity index (χ2n) is 8.75. The van der Waals surface area contributed by atoms with Crippen LogP contribution in [0.15, 0.2) is 54.6 Å². The fourth-order valence-electron chi connectivity index (χ4n) is 4.81. The maximum atomic E-state index is 13.5. The summed E-state index contributed by atoms with van der Waals surface area (Å²) in [6.45, 7) is 4.92. The summed E-state index contributed by atoms with van der Waals surface area (Å²) in [6.07, 6.45) is 4.16. The maximum absolute atomic E-state index is 13.5. The molecule has 1 fully saturated rings. The van der Waals surface area contributed by atoms with Gasteiger partial charge in [0.1, 0.15) is 17.3 Å². The normalized spacial score (nSPS) is 17.1. The van der Waals surface area contributed by atoms with Crippen molar-refractivity contribution >= 4 is 5.91 Å². The fraction of sp³-hybridized carbons (Fsp3) is 0.385. The molecule has 166 valence electrons. The molecule has 32 heavy (non-hydrogen) atoms. The first-order valence-corrected chi connectivity index (χ1v) is 11.6. The lowest BCUT2D eigenvalue weighted by Gasteiger charge is -2.34. The Hall–Kier alpha value is -2.99. The van der Waals surface area contributed by atoms with Gasteiger partial charge in [-0.3, -0.25) is 9.69 Å². The summed E-state index contributed by atoms with van der Waals surface area (Å²) in [5.41, 5.74) is 3.79. The highest BCUT2D eigenvalue weighted by atomic mass is 19.1. The van der Waals surface area contributed by atoms with Gasteiger partial charge in [0.25, 0.3) is 5.91 Å². The Balaban J connectivity index is 1.35. The number of imidazole rings is 1. The molecule has 3 heterocycles. The van der Waals surface area contributed by atoms with E-state index in [1.807, 2.05) is 11.0 Å². The fourth-order valence-corrected chi connectivity index (χ4v) is 4.81. The minimum absolute atomic E-state index is 0.0309. The number of aromatic nitrogens is 2. The minimum atomic E-state index is -0.263. The van der Waals surface area contributed by atoms with Crippen LogP contribution < -0.4 is 0 Å². The molecule has 0 spiro atoms. The monoisotopic (exact) mass is 432 g/mol. The van der Waals surface area contributed by atoms with Gasteiger partial charge < -0.3 is 9.47 Å². The Morgan fingerprint density at radius 1 is 0.875 bits per heavy atom. The Morgan fingerprint density at radius 2 is 1.62 bits per heavy atom. The van der Waals surface area contributed by atoms with Crippen LogP contribution in [0.2, 0.25) is 0 Å². The van der Waals surface area contributed by atoms with E-state index >= 15 is 0 Å². The highest BCUT2D eigenvalue weighted by molar-refractivity contribution is 5.94. The smallest absolute Gasteiger partial charge is 0.274 e. The molecule has 0 bridgehead atoms. The summed E-state index contributed by atoms with van der Waals surface area (Å²) in [4.78, 5) is 22.7. The van der Waals surface area contributed by atoms with Crippen molar-refractivity contribution in [2.45, 2.75) is 38.8 Å². The van der Waals surface area contributed by atoms with Gasteiger partial charge in [0.2, 0.25) is 0 Å². The van der Waals surface area contributed by atoms with E-state index in [0.717, 1.165) is 68.9 Å². The molecular weight excluding hydrogens is 403 g/mol. The van der Waals surface area contributed by atoms with E-state index in [0.29, 0.717) is 18.8 Å². The van der Waals surface area contributed by atoms with Gasteiger partial charge in [-0.2, -0.15) is 0 Å². The molecule has 1 aromatic heterocycles. The molecule has 0 unspecified atom stereocenters. The number of carbonyl (C=O) groups excluding carboxylic acids is 1. The van der Waals surface area contributed by atoms with E-state index in [4.69, 9.17) is 4.98 Å². The zero-order valence-electron chi connectivity index (χ0n) is 18.3. The van der Waals surface area contributed by atoms with Crippen LogP contribution in [0.25, 0.3) is 11.4 Å². The van der Waals surface area contributed by atoms with Gasteiger partial charge in [-0.15, -0.1) is 0 Å². The predicted octanol–water partition coefficient (Wildman–Crippen LogP) is 4.37. The molecule has 5 rings (SSSR count). The largest absolute Gasteiger partial charge is 0.335 e. The van der Waals surface area contributed by atoms with Crippen molar-refractivity contribution in [3.8, 4) is 11.4 Å². The van der Waals surface area contributed by atoms with E-state index < -0.39 is 0 Å². The lowest BCUT2D eigenvalue weighted by atomic mass is 10.1. The Bertz CT molecular complexity index is 1070. The molecule has 2 aliphatic rings. The van der Waals surface area contributed by atoms with Gasteiger partial charge in [0, 0.05) is 44.8 Å². The Morgan fingerprint density at radius 3 is 2.38 bits per heavy atom. The van der Waals surface area contributed by atoms with E-state index in [2.05, 4.69) is 33.7 Å². The number of benzene rings is 2. The number of hydrogen-bond acceptors (Lipinski definition) is 3. The van der Waals surface area contributed by atoms with Crippen LogP contribution in [-0.4, -0.2) is 51.4 Å². The highest BCUT2D eigenvalue weighted by Crippen LogP contribution is 2.28. The lowest BCUT2D eigenvalue weighted by Crippen LogP contribution is -2.48. The molecule has 1 amide bonds. The molecule has 2 aliphatic heterocycles. The summed E-state index contributed by atoms with van der Waals surface area (Å²) in [6, 6.07) is 16.9. The molecule has 5 nitrogen and oxygen atoms in total. The lowest BCUT2D eigenvalue weighted by molar-refractivity contribution is 0.0622. The average Bonchev–Trinajstić information content (AvgIpc) is 3.01. The molecule has 0 atom stereocenters. The number of carbonyl (C=O) groups is 1. The number of hydrogen-bond donors (Lipinski definition) is 0. The number of piperazine rings is 1. The van der Waals surface area contributed by atoms with Crippen molar-refractivity contribution in [1.29, 1.82) is 0 Å². The Kier molecular flexibility index (Phi) is 6.04. The maximum Gasteiger partial charge on any atom is 0.274 e. The van der Waals surface area contributed by atoms with E-state index in [1.54, 1.807) is 12.1 Å². The third-order valence-corrected chi connectivity index (χ3v) is 6.58. The first-order valence-electron chi connectivity index (χ1n) is 11.6. The molecule has 0 N–H and O–H groups in total. The minimum Gasteiger partial charge on any atom is -0.335 e. The quantitative estimate of drug-likeness (QED) is 0.615. The molecule has 2 aromatic carbocycles. The van der Waals surface area contributed by atoms with Gasteiger partial charge in [-0.1, -0.05) is 36.8 Å². The standard InChI is InChI=1S/C26H29FN4O/c27-22-12-10-21(11-13-22)25-28-24(23-9-5-2-6-14-31(23)25)26(32)30-17-15-29(16-18-30)19-20-7-3-1-4-8-20/h1,3-4,7-8,10-13H,2,5-6,9,14-19H2. The molecule has 0 aliphatic carbocycles. The van der Waals surface area contributed by atoms with Gasteiger partial charge in [0.15, 0.2) is 0 Å². The molecule has 0 radical (unpaired) electrons. The topological polar surface area (TPSA) is 41.4 Å². The van der Waals surface area contributed by atoms with Crippen molar-refractivity contribution < 1.29 is 9.18 Å². The number of fused-ring (bicyclic) bond motifs is 1. The summed E-state index contributed by atoms with van der Waals surface area (Å²) in [5, 5.41) is 0. The summed E-state index contributed by atoms with van der Waals surface area (Å²) in [5.74, 6) is 0.553. The second kappa shape index (κ2) is 9.25. The molecule has 0 saturated carbocycles. The van der Waals surface area contributed by atoms with Crippen molar-refractivity contribution in [3.05, 3.63) is 77.4 Å². The van der Waals surface area contributed by atoms with Crippen LogP contribution in [0.3, 0.4) is 0 Å². The van der Waals surface area contributed by atoms with Crippen LogP contribution in [0.5, 0.6) is 0 Å². The van der Waals surface area contributed by atoms with Crippen LogP contribution >= 0.6 is 0 Å². The zero-order valence-corrected chi connectivity index (χ0v) is 18.3. The molecule has 6 heteroatoms. The first kappa shape index (κ1) is 20.9.